The zero-order valence-electron chi connectivity index (χ0n) is 10.6. The van der Waals surface area contributed by atoms with E-state index in [1.165, 1.54) is 5.56 Å². The Morgan fingerprint density at radius 2 is 1.94 bits per heavy atom. The minimum atomic E-state index is -0.0962. The van der Waals surface area contributed by atoms with Gasteiger partial charge >= 0.3 is 0 Å². The number of hydrogen-bond donors (Lipinski definition) is 1. The third-order valence-corrected chi connectivity index (χ3v) is 2.99. The highest BCUT2D eigenvalue weighted by atomic mass is 16.1. The predicted molar refractivity (Wildman–Crippen MR) is 67.8 cm³/mol. The Morgan fingerprint density at radius 3 is 2.44 bits per heavy atom. The maximum Gasteiger partial charge on any atom is 0.167 e. The van der Waals surface area contributed by atoms with Crippen LogP contribution in [0.5, 0.6) is 0 Å². The van der Waals surface area contributed by atoms with Gasteiger partial charge in [0.05, 0.1) is 0 Å². The molecule has 0 bridgehead atoms. The van der Waals surface area contributed by atoms with Crippen molar-refractivity contribution in [3.63, 3.8) is 0 Å². The van der Waals surface area contributed by atoms with Crippen LogP contribution in [0, 0.1) is 12.8 Å². The molecule has 1 aromatic carbocycles. The lowest BCUT2D eigenvalue weighted by atomic mass is 9.91. The van der Waals surface area contributed by atoms with Crippen LogP contribution in [-0.4, -0.2) is 12.3 Å². The van der Waals surface area contributed by atoms with Crippen LogP contribution in [0.3, 0.4) is 0 Å². The maximum absolute atomic E-state index is 12.1. The summed E-state index contributed by atoms with van der Waals surface area (Å²) < 4.78 is 0. The Hall–Kier alpha value is -1.15. The van der Waals surface area contributed by atoms with Gasteiger partial charge < -0.3 is 5.73 Å². The molecule has 0 aromatic heterocycles. The summed E-state index contributed by atoms with van der Waals surface area (Å²) in [5.41, 5.74) is 8.60. The minimum Gasteiger partial charge on any atom is -0.330 e. The van der Waals surface area contributed by atoms with Crippen molar-refractivity contribution < 1.29 is 4.79 Å². The molecule has 16 heavy (non-hydrogen) atoms. The van der Waals surface area contributed by atoms with Gasteiger partial charge in [0.15, 0.2) is 5.78 Å². The number of nitrogens with two attached hydrogens (primary N) is 1. The first-order chi connectivity index (χ1) is 7.47. The summed E-state index contributed by atoms with van der Waals surface area (Å²) in [4.78, 5) is 12.1. The number of rotatable bonds is 4. The molecule has 0 saturated heterocycles. The number of hydrogen-bond acceptors (Lipinski definition) is 2. The molecule has 2 N–H and O–H groups in total. The van der Waals surface area contributed by atoms with E-state index in [2.05, 4.69) is 19.9 Å². The Balaban J connectivity index is 3.12. The monoisotopic (exact) mass is 219 g/mol. The van der Waals surface area contributed by atoms with Crippen LogP contribution in [0.25, 0.3) is 0 Å². The standard InChI is InChI=1S/C14H21NO/c1-9(2)12-6-5-10(3)13(7-12)14(16)11(4)8-15/h5-7,9,11H,8,15H2,1-4H3. The summed E-state index contributed by atoms with van der Waals surface area (Å²) in [6.07, 6.45) is 0. The molecular weight excluding hydrogens is 198 g/mol. The van der Waals surface area contributed by atoms with E-state index >= 15 is 0 Å². The van der Waals surface area contributed by atoms with E-state index in [9.17, 15) is 4.79 Å². The van der Waals surface area contributed by atoms with Crippen LogP contribution < -0.4 is 5.73 Å². The Kier molecular flexibility index (Phi) is 4.25. The maximum atomic E-state index is 12.1. The molecule has 1 aromatic rings. The summed E-state index contributed by atoms with van der Waals surface area (Å²) in [7, 11) is 0. The van der Waals surface area contributed by atoms with E-state index in [1.54, 1.807) is 0 Å². The largest absolute Gasteiger partial charge is 0.330 e. The van der Waals surface area contributed by atoms with Crippen LogP contribution in [0.4, 0.5) is 0 Å². The van der Waals surface area contributed by atoms with Crippen molar-refractivity contribution in [1.29, 1.82) is 0 Å². The van der Waals surface area contributed by atoms with E-state index in [-0.39, 0.29) is 11.7 Å². The molecule has 0 amide bonds. The molecule has 1 unspecified atom stereocenters. The smallest absolute Gasteiger partial charge is 0.167 e. The van der Waals surface area contributed by atoms with Crippen LogP contribution in [0.15, 0.2) is 18.2 Å². The highest BCUT2D eigenvalue weighted by Crippen LogP contribution is 2.20. The highest BCUT2D eigenvalue weighted by Gasteiger charge is 2.16. The third-order valence-electron chi connectivity index (χ3n) is 2.99. The van der Waals surface area contributed by atoms with Gasteiger partial charge in [-0.05, 0) is 30.0 Å². The second-order valence-electron chi connectivity index (χ2n) is 4.73. The summed E-state index contributed by atoms with van der Waals surface area (Å²) in [6.45, 7) is 8.52. The van der Waals surface area contributed by atoms with Crippen molar-refractivity contribution in [1.82, 2.24) is 0 Å². The third kappa shape index (κ3) is 2.70. The molecule has 1 rings (SSSR count). The van der Waals surface area contributed by atoms with Crippen molar-refractivity contribution in [3.05, 3.63) is 34.9 Å². The first kappa shape index (κ1) is 12.9. The molecule has 0 fully saturated rings. The fourth-order valence-corrected chi connectivity index (χ4v) is 1.64. The van der Waals surface area contributed by atoms with Crippen LogP contribution >= 0.6 is 0 Å². The molecule has 0 heterocycles. The fourth-order valence-electron chi connectivity index (χ4n) is 1.64. The van der Waals surface area contributed by atoms with Crippen LogP contribution in [0.1, 0.15) is 48.2 Å². The molecule has 1 atom stereocenters. The number of aryl methyl sites for hydroxylation is 1. The predicted octanol–water partition coefficient (Wildman–Crippen LogP) is 2.90. The van der Waals surface area contributed by atoms with E-state index in [0.29, 0.717) is 12.5 Å². The summed E-state index contributed by atoms with van der Waals surface area (Å²) in [5, 5.41) is 0. The molecule has 2 nitrogen and oxygen atoms in total. The van der Waals surface area contributed by atoms with Gasteiger partial charge in [-0.25, -0.2) is 0 Å². The molecule has 0 aliphatic carbocycles. The fraction of sp³-hybridized carbons (Fsp3) is 0.500. The quantitative estimate of drug-likeness (QED) is 0.791. The highest BCUT2D eigenvalue weighted by molar-refractivity contribution is 5.99. The van der Waals surface area contributed by atoms with Gasteiger partial charge in [0.1, 0.15) is 0 Å². The molecular formula is C14H21NO. The zero-order valence-corrected chi connectivity index (χ0v) is 10.6. The SMILES string of the molecule is Cc1ccc(C(C)C)cc1C(=O)C(C)CN. The lowest BCUT2D eigenvalue weighted by Gasteiger charge is -2.13. The molecule has 0 radical (unpaired) electrons. The number of carbonyl (C=O) groups excluding carboxylic acids is 1. The van der Waals surface area contributed by atoms with E-state index in [1.807, 2.05) is 26.0 Å². The van der Waals surface area contributed by atoms with Gasteiger partial charge in [0.25, 0.3) is 0 Å². The lowest BCUT2D eigenvalue weighted by molar-refractivity contribution is 0.0933. The van der Waals surface area contributed by atoms with Crippen LogP contribution in [0.2, 0.25) is 0 Å². The Bertz CT molecular complexity index is 382. The average molecular weight is 219 g/mol. The van der Waals surface area contributed by atoms with Gasteiger partial charge in [-0.3, -0.25) is 4.79 Å². The molecule has 2 heteroatoms. The first-order valence-corrected chi connectivity index (χ1v) is 5.82. The van der Waals surface area contributed by atoms with Crippen molar-refractivity contribution >= 4 is 5.78 Å². The summed E-state index contributed by atoms with van der Waals surface area (Å²) in [5.74, 6) is 0.504. The Morgan fingerprint density at radius 1 is 1.31 bits per heavy atom. The van der Waals surface area contributed by atoms with Crippen molar-refractivity contribution in [3.8, 4) is 0 Å². The van der Waals surface area contributed by atoms with Gasteiger partial charge in [-0.15, -0.1) is 0 Å². The van der Waals surface area contributed by atoms with Gasteiger partial charge in [0, 0.05) is 18.0 Å². The normalized spacial score (nSPS) is 12.9. The van der Waals surface area contributed by atoms with Gasteiger partial charge in [-0.1, -0.05) is 32.9 Å². The van der Waals surface area contributed by atoms with Crippen LogP contribution in [-0.2, 0) is 0 Å². The number of ketones is 1. The van der Waals surface area contributed by atoms with Crippen molar-refractivity contribution in [2.75, 3.05) is 6.54 Å². The molecule has 0 aliphatic rings. The van der Waals surface area contributed by atoms with Crippen molar-refractivity contribution in [2.45, 2.75) is 33.6 Å². The first-order valence-electron chi connectivity index (χ1n) is 5.82. The molecule has 0 aliphatic heterocycles. The van der Waals surface area contributed by atoms with E-state index in [0.717, 1.165) is 11.1 Å². The summed E-state index contributed by atoms with van der Waals surface area (Å²) >= 11 is 0. The molecule has 0 spiro atoms. The zero-order chi connectivity index (χ0) is 12.3. The minimum absolute atomic E-state index is 0.0962. The van der Waals surface area contributed by atoms with Gasteiger partial charge in [0.2, 0.25) is 0 Å². The van der Waals surface area contributed by atoms with E-state index in [4.69, 9.17) is 5.73 Å². The second kappa shape index (κ2) is 5.26. The lowest BCUT2D eigenvalue weighted by Crippen LogP contribution is -2.21. The second-order valence-corrected chi connectivity index (χ2v) is 4.73. The Labute approximate surface area is 97.9 Å². The topological polar surface area (TPSA) is 43.1 Å². The van der Waals surface area contributed by atoms with Crippen molar-refractivity contribution in [2.24, 2.45) is 11.7 Å². The number of benzene rings is 1. The molecule has 0 saturated carbocycles. The van der Waals surface area contributed by atoms with Gasteiger partial charge in [-0.2, -0.15) is 0 Å². The number of carbonyl (C=O) groups is 1. The average Bonchev–Trinajstić information content (AvgIpc) is 2.27. The number of Topliss-reactive ketones (excluding diaryl/α,β-unsaturated/α-hetero) is 1. The van der Waals surface area contributed by atoms with E-state index < -0.39 is 0 Å². The molecule has 88 valence electrons. The summed E-state index contributed by atoms with van der Waals surface area (Å²) in [6, 6.07) is 6.12.